The zero-order chi connectivity index (χ0) is 15.0. The van der Waals surface area contributed by atoms with E-state index in [-0.39, 0.29) is 15.4 Å². The lowest BCUT2D eigenvalue weighted by molar-refractivity contribution is -0.137. The van der Waals surface area contributed by atoms with Crippen molar-refractivity contribution in [2.75, 3.05) is 0 Å². The summed E-state index contributed by atoms with van der Waals surface area (Å²) < 4.78 is 64.9. The second-order valence-corrected chi connectivity index (χ2v) is 7.41. The number of sulfonamides is 1. The Morgan fingerprint density at radius 3 is 2.30 bits per heavy atom. The molecule has 3 nitrogen and oxygen atoms in total. The van der Waals surface area contributed by atoms with Crippen LogP contribution >= 0.6 is 15.9 Å². The fourth-order valence-corrected chi connectivity index (χ4v) is 4.23. The van der Waals surface area contributed by atoms with Crippen molar-refractivity contribution in [3.05, 3.63) is 28.2 Å². The Morgan fingerprint density at radius 1 is 1.15 bits per heavy atom. The largest absolute Gasteiger partial charge is 0.416 e. The topological polar surface area (TPSA) is 46.2 Å². The Balaban J connectivity index is 2.33. The molecule has 1 N–H and O–H groups in total. The average Bonchev–Trinajstić information content (AvgIpc) is 2.79. The molecule has 1 fully saturated rings. The highest BCUT2D eigenvalue weighted by molar-refractivity contribution is 9.10. The van der Waals surface area contributed by atoms with E-state index >= 15 is 0 Å². The lowest BCUT2D eigenvalue weighted by Crippen LogP contribution is -2.32. The van der Waals surface area contributed by atoms with E-state index in [1.165, 1.54) is 6.07 Å². The summed E-state index contributed by atoms with van der Waals surface area (Å²) in [5, 5.41) is 0. The van der Waals surface area contributed by atoms with E-state index in [4.69, 9.17) is 0 Å². The van der Waals surface area contributed by atoms with Gasteiger partial charge >= 0.3 is 6.18 Å². The minimum absolute atomic E-state index is 0.0825. The van der Waals surface area contributed by atoms with Crippen LogP contribution in [0.2, 0.25) is 0 Å². The normalized spacial score (nSPS) is 17.6. The summed E-state index contributed by atoms with van der Waals surface area (Å²) in [5.41, 5.74) is -0.987. The lowest BCUT2D eigenvalue weighted by atomic mass is 10.2. The molecule has 1 aliphatic carbocycles. The molecule has 0 amide bonds. The van der Waals surface area contributed by atoms with Crippen molar-refractivity contribution in [2.24, 2.45) is 0 Å². The molecule has 2 rings (SSSR count). The number of alkyl halides is 3. The molecule has 0 aliphatic heterocycles. The van der Waals surface area contributed by atoms with Gasteiger partial charge in [0.05, 0.1) is 10.5 Å². The van der Waals surface area contributed by atoms with E-state index in [1.807, 2.05) is 0 Å². The molecule has 0 unspecified atom stereocenters. The van der Waals surface area contributed by atoms with Gasteiger partial charge < -0.3 is 0 Å². The first kappa shape index (κ1) is 15.8. The highest BCUT2D eigenvalue weighted by atomic mass is 79.9. The number of hydrogen-bond acceptors (Lipinski definition) is 2. The third kappa shape index (κ3) is 3.73. The van der Waals surface area contributed by atoms with Crippen molar-refractivity contribution in [1.29, 1.82) is 0 Å². The van der Waals surface area contributed by atoms with Gasteiger partial charge in [0.25, 0.3) is 0 Å². The first-order chi connectivity index (χ1) is 9.18. The summed E-state index contributed by atoms with van der Waals surface area (Å²) in [6.07, 6.45) is -1.28. The van der Waals surface area contributed by atoms with Crippen LogP contribution in [0.1, 0.15) is 31.2 Å². The maximum absolute atomic E-state index is 12.7. The fourth-order valence-electron chi connectivity index (χ4n) is 2.21. The van der Waals surface area contributed by atoms with Crippen molar-refractivity contribution in [1.82, 2.24) is 4.72 Å². The van der Waals surface area contributed by atoms with Gasteiger partial charge in [0.2, 0.25) is 10.0 Å². The van der Waals surface area contributed by atoms with E-state index in [0.717, 1.165) is 31.7 Å². The first-order valence-corrected chi connectivity index (χ1v) is 8.36. The molecule has 0 atom stereocenters. The van der Waals surface area contributed by atoms with Crippen molar-refractivity contribution >= 4 is 26.0 Å². The number of rotatable bonds is 3. The summed E-state index contributed by atoms with van der Waals surface area (Å²) >= 11 is 2.92. The summed E-state index contributed by atoms with van der Waals surface area (Å²) in [6.45, 7) is 0. The second-order valence-electron chi connectivity index (χ2n) is 4.78. The van der Waals surface area contributed by atoms with E-state index < -0.39 is 21.8 Å². The maximum atomic E-state index is 12.7. The van der Waals surface area contributed by atoms with E-state index in [2.05, 4.69) is 20.7 Å². The molecule has 1 aromatic carbocycles. The zero-order valence-electron chi connectivity index (χ0n) is 10.4. The fraction of sp³-hybridized carbons (Fsp3) is 0.500. The molecule has 0 radical (unpaired) electrons. The Hall–Kier alpha value is -0.600. The molecule has 8 heteroatoms. The second kappa shape index (κ2) is 5.65. The average molecular weight is 372 g/mol. The summed E-state index contributed by atoms with van der Waals surface area (Å²) in [4.78, 5) is -0.369. The highest BCUT2D eigenvalue weighted by Crippen LogP contribution is 2.33. The van der Waals surface area contributed by atoms with Crippen LogP contribution in [-0.4, -0.2) is 14.5 Å². The molecule has 0 saturated heterocycles. The zero-order valence-corrected chi connectivity index (χ0v) is 12.8. The van der Waals surface area contributed by atoms with E-state index in [1.54, 1.807) is 0 Å². The van der Waals surface area contributed by atoms with Crippen molar-refractivity contribution < 1.29 is 21.6 Å². The smallest absolute Gasteiger partial charge is 0.208 e. The standard InChI is InChI=1S/C12H13BrF3NO2S/c13-9-5-8(12(14,15)16)6-11(7-9)20(18,19)17-10-3-1-2-4-10/h5-7,10,17H,1-4H2. The monoisotopic (exact) mass is 371 g/mol. The van der Waals surface area contributed by atoms with E-state index in [0.29, 0.717) is 6.07 Å². The minimum Gasteiger partial charge on any atom is -0.208 e. The molecule has 112 valence electrons. The molecular formula is C12H13BrF3NO2S. The van der Waals surface area contributed by atoms with Crippen molar-refractivity contribution in [2.45, 2.75) is 42.8 Å². The third-order valence-electron chi connectivity index (χ3n) is 3.19. The van der Waals surface area contributed by atoms with Gasteiger partial charge in [0, 0.05) is 10.5 Å². The summed E-state index contributed by atoms with van der Waals surface area (Å²) in [6, 6.07) is 2.50. The molecular weight excluding hydrogens is 359 g/mol. The van der Waals surface area contributed by atoms with Crippen LogP contribution in [-0.2, 0) is 16.2 Å². The van der Waals surface area contributed by atoms with Crippen LogP contribution in [0.4, 0.5) is 13.2 Å². The summed E-state index contributed by atoms with van der Waals surface area (Å²) in [5.74, 6) is 0. The molecule has 0 bridgehead atoms. The van der Waals surface area contributed by atoms with Gasteiger partial charge in [-0.25, -0.2) is 13.1 Å². The molecule has 1 saturated carbocycles. The molecule has 1 aliphatic rings. The van der Waals surface area contributed by atoms with Gasteiger partial charge in [-0.2, -0.15) is 13.2 Å². The summed E-state index contributed by atoms with van der Waals surface area (Å²) in [7, 11) is -3.93. The van der Waals surface area contributed by atoms with Crippen molar-refractivity contribution in [3.63, 3.8) is 0 Å². The van der Waals surface area contributed by atoms with Gasteiger partial charge in [-0.1, -0.05) is 28.8 Å². The Labute approximate surface area is 123 Å². The molecule has 1 aromatic rings. The maximum Gasteiger partial charge on any atom is 0.416 e. The predicted octanol–water partition coefficient (Wildman–Crippen LogP) is 3.69. The number of hydrogen-bond donors (Lipinski definition) is 1. The molecule has 0 aromatic heterocycles. The minimum atomic E-state index is -4.58. The van der Waals surface area contributed by atoms with Crippen LogP contribution in [0.5, 0.6) is 0 Å². The van der Waals surface area contributed by atoms with Crippen LogP contribution in [0, 0.1) is 0 Å². The van der Waals surface area contributed by atoms with E-state index in [9.17, 15) is 21.6 Å². The highest BCUT2D eigenvalue weighted by Gasteiger charge is 2.33. The van der Waals surface area contributed by atoms with Gasteiger partial charge in [0.15, 0.2) is 0 Å². The number of benzene rings is 1. The number of nitrogens with one attached hydrogen (secondary N) is 1. The Kier molecular flexibility index (Phi) is 4.46. The lowest BCUT2D eigenvalue weighted by Gasteiger charge is -2.14. The van der Waals surface area contributed by atoms with Crippen LogP contribution in [0.15, 0.2) is 27.6 Å². The van der Waals surface area contributed by atoms with Crippen LogP contribution < -0.4 is 4.72 Å². The van der Waals surface area contributed by atoms with Gasteiger partial charge in [-0.15, -0.1) is 0 Å². The van der Waals surface area contributed by atoms with Crippen LogP contribution in [0.25, 0.3) is 0 Å². The molecule has 0 spiro atoms. The van der Waals surface area contributed by atoms with Gasteiger partial charge in [0.1, 0.15) is 0 Å². The predicted molar refractivity (Wildman–Crippen MR) is 71.7 cm³/mol. The quantitative estimate of drug-likeness (QED) is 0.880. The van der Waals surface area contributed by atoms with Gasteiger partial charge in [-0.05, 0) is 31.0 Å². The van der Waals surface area contributed by atoms with Crippen LogP contribution in [0.3, 0.4) is 0 Å². The Bertz CT molecular complexity index is 595. The third-order valence-corrected chi connectivity index (χ3v) is 5.14. The van der Waals surface area contributed by atoms with Gasteiger partial charge in [-0.3, -0.25) is 0 Å². The SMILES string of the molecule is O=S(=O)(NC1CCCC1)c1cc(Br)cc(C(F)(F)F)c1. The van der Waals surface area contributed by atoms with Crippen molar-refractivity contribution in [3.8, 4) is 0 Å². The molecule has 20 heavy (non-hydrogen) atoms. The Morgan fingerprint density at radius 2 is 1.75 bits per heavy atom. The number of halogens is 4. The molecule has 0 heterocycles. The first-order valence-electron chi connectivity index (χ1n) is 6.08.